The largest absolute Gasteiger partial charge is 0.506 e. The second-order valence-corrected chi connectivity index (χ2v) is 2.93. The Morgan fingerprint density at radius 2 is 2.29 bits per heavy atom. The number of nitrogens with zero attached hydrogens (tertiary/aromatic N) is 4. The fourth-order valence-electron chi connectivity index (χ4n) is 1.24. The molecule has 14 heavy (non-hydrogen) atoms. The van der Waals surface area contributed by atoms with Crippen molar-refractivity contribution in [2.24, 2.45) is 0 Å². The van der Waals surface area contributed by atoms with Gasteiger partial charge in [0.2, 0.25) is 0 Å². The number of tetrazole rings is 1. The molecule has 0 atom stereocenters. The number of aromatic hydroxyl groups is 1. The Balaban J connectivity index is 2.51. The quantitative estimate of drug-likeness (QED) is 0.765. The van der Waals surface area contributed by atoms with Crippen LogP contribution in [0.1, 0.15) is 12.5 Å². The molecule has 5 heteroatoms. The van der Waals surface area contributed by atoms with E-state index in [0.717, 1.165) is 12.0 Å². The monoisotopic (exact) mass is 190 g/mol. The molecule has 1 aromatic carbocycles. The highest BCUT2D eigenvalue weighted by Gasteiger charge is 2.05. The lowest BCUT2D eigenvalue weighted by Crippen LogP contribution is -1.96. The van der Waals surface area contributed by atoms with Gasteiger partial charge in [0.15, 0.2) is 0 Å². The zero-order chi connectivity index (χ0) is 9.97. The average molecular weight is 190 g/mol. The maximum absolute atomic E-state index is 9.59. The Morgan fingerprint density at radius 3 is 2.93 bits per heavy atom. The number of hydrogen-bond donors (Lipinski definition) is 1. The number of benzene rings is 1. The van der Waals surface area contributed by atoms with E-state index in [9.17, 15) is 5.11 Å². The van der Waals surface area contributed by atoms with E-state index in [4.69, 9.17) is 0 Å². The van der Waals surface area contributed by atoms with E-state index in [1.165, 1.54) is 11.0 Å². The van der Waals surface area contributed by atoms with Crippen molar-refractivity contribution < 1.29 is 5.11 Å². The molecule has 0 bridgehead atoms. The van der Waals surface area contributed by atoms with Crippen LogP contribution in [0.2, 0.25) is 0 Å². The maximum Gasteiger partial charge on any atom is 0.144 e. The van der Waals surface area contributed by atoms with Gasteiger partial charge in [-0.25, -0.2) is 0 Å². The molecule has 0 saturated heterocycles. The predicted molar refractivity (Wildman–Crippen MR) is 50.2 cm³/mol. The van der Waals surface area contributed by atoms with Gasteiger partial charge in [0.25, 0.3) is 0 Å². The third-order valence-corrected chi connectivity index (χ3v) is 2.04. The van der Waals surface area contributed by atoms with Gasteiger partial charge in [-0.2, -0.15) is 4.68 Å². The topological polar surface area (TPSA) is 63.8 Å². The highest BCUT2D eigenvalue weighted by molar-refractivity contribution is 5.47. The second-order valence-electron chi connectivity index (χ2n) is 2.93. The van der Waals surface area contributed by atoms with Gasteiger partial charge >= 0.3 is 0 Å². The smallest absolute Gasteiger partial charge is 0.144 e. The second kappa shape index (κ2) is 3.45. The van der Waals surface area contributed by atoms with Crippen molar-refractivity contribution in [3.8, 4) is 11.4 Å². The first-order chi connectivity index (χ1) is 6.81. The van der Waals surface area contributed by atoms with Crippen molar-refractivity contribution in [3.63, 3.8) is 0 Å². The summed E-state index contributed by atoms with van der Waals surface area (Å²) in [5.41, 5.74) is 1.74. The molecule has 1 N–H and O–H groups in total. The minimum absolute atomic E-state index is 0.175. The van der Waals surface area contributed by atoms with Gasteiger partial charge < -0.3 is 5.11 Å². The first kappa shape index (κ1) is 8.68. The van der Waals surface area contributed by atoms with Gasteiger partial charge in [0.05, 0.1) is 0 Å². The van der Waals surface area contributed by atoms with Gasteiger partial charge in [0, 0.05) is 0 Å². The van der Waals surface area contributed by atoms with Gasteiger partial charge in [-0.3, -0.25) is 0 Å². The molecule has 2 aromatic rings. The minimum Gasteiger partial charge on any atom is -0.506 e. The Kier molecular flexibility index (Phi) is 2.14. The van der Waals surface area contributed by atoms with Crippen LogP contribution in [-0.2, 0) is 6.42 Å². The minimum atomic E-state index is 0.175. The van der Waals surface area contributed by atoms with E-state index in [2.05, 4.69) is 22.4 Å². The summed E-state index contributed by atoms with van der Waals surface area (Å²) in [7, 11) is 0. The number of rotatable bonds is 2. The summed E-state index contributed by atoms with van der Waals surface area (Å²) in [4.78, 5) is 0. The Labute approximate surface area is 81.0 Å². The normalized spacial score (nSPS) is 10.4. The summed E-state index contributed by atoms with van der Waals surface area (Å²) in [5.74, 6) is 0.175. The summed E-state index contributed by atoms with van der Waals surface area (Å²) in [5, 5.41) is 20.3. The summed E-state index contributed by atoms with van der Waals surface area (Å²) >= 11 is 0. The molecule has 0 spiro atoms. The third kappa shape index (κ3) is 1.44. The molecule has 0 unspecified atom stereocenters. The van der Waals surface area contributed by atoms with Crippen LogP contribution in [0, 0.1) is 0 Å². The number of phenols is 1. The molecule has 0 fully saturated rings. The molecule has 0 aliphatic rings. The van der Waals surface area contributed by atoms with Crippen molar-refractivity contribution in [2.75, 3.05) is 0 Å². The van der Waals surface area contributed by atoms with Crippen molar-refractivity contribution in [1.82, 2.24) is 20.2 Å². The van der Waals surface area contributed by atoms with Crippen molar-refractivity contribution in [2.45, 2.75) is 13.3 Å². The first-order valence-electron chi connectivity index (χ1n) is 4.36. The Hall–Kier alpha value is -1.91. The highest BCUT2D eigenvalue weighted by atomic mass is 16.3. The SMILES string of the molecule is CCc1ccc(O)c(-n2cnnn2)c1. The van der Waals surface area contributed by atoms with Crippen LogP contribution in [-0.4, -0.2) is 25.3 Å². The molecule has 0 saturated carbocycles. The number of hydrogen-bond acceptors (Lipinski definition) is 4. The molecule has 1 aromatic heterocycles. The van der Waals surface area contributed by atoms with Crippen molar-refractivity contribution in [1.29, 1.82) is 0 Å². The lowest BCUT2D eigenvalue weighted by atomic mass is 10.1. The van der Waals surface area contributed by atoms with Crippen LogP contribution in [0.5, 0.6) is 5.75 Å². The predicted octanol–water partition coefficient (Wildman–Crippen LogP) is 0.930. The molecule has 2 rings (SSSR count). The van der Waals surface area contributed by atoms with E-state index < -0.39 is 0 Å². The van der Waals surface area contributed by atoms with Gasteiger partial charge in [-0.15, -0.1) is 5.10 Å². The molecule has 1 heterocycles. The standard InChI is InChI=1S/C9H10N4O/c1-2-7-3-4-9(14)8(5-7)13-6-10-11-12-13/h3-6,14H,2H2,1H3. The van der Waals surface area contributed by atoms with Crippen LogP contribution < -0.4 is 0 Å². The lowest BCUT2D eigenvalue weighted by molar-refractivity contribution is 0.469. The molecule has 5 nitrogen and oxygen atoms in total. The van der Waals surface area contributed by atoms with Gasteiger partial charge in [-0.1, -0.05) is 13.0 Å². The fourth-order valence-corrected chi connectivity index (χ4v) is 1.24. The van der Waals surface area contributed by atoms with E-state index in [1.54, 1.807) is 6.07 Å². The first-order valence-corrected chi connectivity index (χ1v) is 4.36. The van der Waals surface area contributed by atoms with E-state index in [-0.39, 0.29) is 5.75 Å². The zero-order valence-electron chi connectivity index (χ0n) is 7.75. The van der Waals surface area contributed by atoms with Crippen LogP contribution in [0.3, 0.4) is 0 Å². The molecular weight excluding hydrogens is 180 g/mol. The molecule has 0 amide bonds. The van der Waals surface area contributed by atoms with E-state index >= 15 is 0 Å². The average Bonchev–Trinajstić information content (AvgIpc) is 2.71. The molecule has 0 radical (unpaired) electrons. The van der Waals surface area contributed by atoms with Crippen molar-refractivity contribution in [3.05, 3.63) is 30.1 Å². The summed E-state index contributed by atoms with van der Waals surface area (Å²) in [6, 6.07) is 5.39. The fraction of sp³-hybridized carbons (Fsp3) is 0.222. The van der Waals surface area contributed by atoms with Gasteiger partial charge in [0.1, 0.15) is 17.8 Å². The van der Waals surface area contributed by atoms with Crippen molar-refractivity contribution >= 4 is 0 Å². The zero-order valence-corrected chi connectivity index (χ0v) is 7.75. The van der Waals surface area contributed by atoms with Crippen LogP contribution >= 0.6 is 0 Å². The van der Waals surface area contributed by atoms with E-state index in [1.807, 2.05) is 12.1 Å². The maximum atomic E-state index is 9.59. The third-order valence-electron chi connectivity index (χ3n) is 2.04. The van der Waals surface area contributed by atoms with Crippen LogP contribution in [0.4, 0.5) is 0 Å². The van der Waals surface area contributed by atoms with Crippen LogP contribution in [0.15, 0.2) is 24.5 Å². The molecule has 72 valence electrons. The number of aromatic nitrogens is 4. The molecular formula is C9H10N4O. The molecule has 0 aliphatic heterocycles. The number of phenolic OH excluding ortho intramolecular Hbond substituents is 1. The Morgan fingerprint density at radius 1 is 1.43 bits per heavy atom. The van der Waals surface area contributed by atoms with Crippen LogP contribution in [0.25, 0.3) is 5.69 Å². The Bertz CT molecular complexity index is 424. The molecule has 0 aliphatic carbocycles. The number of aryl methyl sites for hydroxylation is 1. The lowest BCUT2D eigenvalue weighted by Gasteiger charge is -2.04. The summed E-state index contributed by atoms with van der Waals surface area (Å²) in [6.07, 6.45) is 2.36. The summed E-state index contributed by atoms with van der Waals surface area (Å²) < 4.78 is 1.44. The van der Waals surface area contributed by atoms with Gasteiger partial charge in [-0.05, 0) is 34.5 Å². The highest BCUT2D eigenvalue weighted by Crippen LogP contribution is 2.21. The summed E-state index contributed by atoms with van der Waals surface area (Å²) in [6.45, 7) is 2.05. The van der Waals surface area contributed by atoms with E-state index in [0.29, 0.717) is 5.69 Å².